The molecule has 4 heteroatoms. The van der Waals surface area contributed by atoms with Gasteiger partial charge in [0.1, 0.15) is 0 Å². The van der Waals surface area contributed by atoms with Gasteiger partial charge in [0.15, 0.2) is 0 Å². The molecule has 0 atom stereocenters. The molecule has 1 fully saturated rings. The van der Waals surface area contributed by atoms with Gasteiger partial charge in [-0.1, -0.05) is 39.5 Å². The van der Waals surface area contributed by atoms with Crippen LogP contribution in [0.2, 0.25) is 0 Å². The van der Waals surface area contributed by atoms with Gasteiger partial charge in [-0.05, 0) is 31.7 Å². The fourth-order valence-corrected chi connectivity index (χ4v) is 3.33. The van der Waals surface area contributed by atoms with Crippen molar-refractivity contribution in [3.8, 4) is 0 Å². The topological polar surface area (TPSA) is 53.1 Å². The van der Waals surface area contributed by atoms with E-state index in [4.69, 9.17) is 10.5 Å². The number of rotatable bonds is 7. The predicted octanol–water partition coefficient (Wildman–Crippen LogP) is 3.81. The molecule has 0 spiro atoms. The van der Waals surface area contributed by atoms with Gasteiger partial charge in [-0.2, -0.15) is 5.10 Å². The van der Waals surface area contributed by atoms with Crippen LogP contribution in [0.15, 0.2) is 12.3 Å². The summed E-state index contributed by atoms with van der Waals surface area (Å²) in [7, 11) is 0. The van der Waals surface area contributed by atoms with Crippen LogP contribution in [0.25, 0.3) is 0 Å². The smallest absolute Gasteiger partial charge is 0.0914 e. The molecule has 1 aliphatic carbocycles. The van der Waals surface area contributed by atoms with E-state index in [1.807, 2.05) is 0 Å². The number of aromatic nitrogens is 2. The highest BCUT2D eigenvalue weighted by atomic mass is 16.5. The number of nitrogens with two attached hydrogens (primary N) is 1. The average Bonchev–Trinajstić information content (AvgIpc) is 2.85. The summed E-state index contributed by atoms with van der Waals surface area (Å²) in [6.45, 7) is 5.63. The second-order valence-corrected chi connectivity index (χ2v) is 6.35. The second kappa shape index (κ2) is 7.95. The maximum atomic E-state index is 6.25. The number of ether oxygens (including phenoxy) is 1. The molecule has 0 radical (unpaired) electrons. The Balaban J connectivity index is 1.94. The van der Waals surface area contributed by atoms with Crippen LogP contribution < -0.4 is 5.73 Å². The Kier molecular flexibility index (Phi) is 6.24. The Morgan fingerprint density at radius 3 is 2.48 bits per heavy atom. The zero-order chi connectivity index (χ0) is 15.1. The fourth-order valence-electron chi connectivity index (χ4n) is 3.33. The maximum absolute atomic E-state index is 6.25. The molecule has 1 saturated carbocycles. The summed E-state index contributed by atoms with van der Waals surface area (Å²) in [5, 5.41) is 4.68. The van der Waals surface area contributed by atoms with Crippen molar-refractivity contribution in [2.45, 2.75) is 83.5 Å². The van der Waals surface area contributed by atoms with Crippen LogP contribution in [0.5, 0.6) is 0 Å². The van der Waals surface area contributed by atoms with Crippen LogP contribution in [0, 0.1) is 0 Å². The molecule has 120 valence electrons. The molecule has 4 nitrogen and oxygen atoms in total. The van der Waals surface area contributed by atoms with E-state index in [2.05, 4.69) is 35.9 Å². The molecule has 1 aliphatic rings. The molecule has 1 aromatic rings. The molecular formula is C17H31N3O. The van der Waals surface area contributed by atoms with E-state index in [1.165, 1.54) is 25.7 Å². The van der Waals surface area contributed by atoms with Gasteiger partial charge in [-0.3, -0.25) is 4.68 Å². The van der Waals surface area contributed by atoms with Crippen molar-refractivity contribution >= 4 is 0 Å². The zero-order valence-corrected chi connectivity index (χ0v) is 13.7. The Morgan fingerprint density at radius 2 is 1.90 bits per heavy atom. The Labute approximate surface area is 129 Å². The van der Waals surface area contributed by atoms with Crippen molar-refractivity contribution in [3.63, 3.8) is 0 Å². The highest BCUT2D eigenvalue weighted by Gasteiger charge is 2.30. The first kappa shape index (κ1) is 16.5. The van der Waals surface area contributed by atoms with Crippen molar-refractivity contribution < 1.29 is 4.74 Å². The molecule has 1 aromatic heterocycles. The Bertz CT molecular complexity index is 404. The molecule has 0 aliphatic heterocycles. The Morgan fingerprint density at radius 1 is 1.24 bits per heavy atom. The van der Waals surface area contributed by atoms with Gasteiger partial charge in [0.2, 0.25) is 0 Å². The van der Waals surface area contributed by atoms with E-state index < -0.39 is 0 Å². The lowest BCUT2D eigenvalue weighted by atomic mass is 9.94. The van der Waals surface area contributed by atoms with Gasteiger partial charge in [0.05, 0.1) is 23.9 Å². The molecule has 2 rings (SSSR count). The fraction of sp³-hybridized carbons (Fsp3) is 0.824. The van der Waals surface area contributed by atoms with Gasteiger partial charge in [0, 0.05) is 12.7 Å². The van der Waals surface area contributed by atoms with E-state index in [9.17, 15) is 0 Å². The first-order valence-electron chi connectivity index (χ1n) is 8.61. The number of nitrogens with zero attached hydrogens (tertiary/aromatic N) is 2. The molecular weight excluding hydrogens is 262 g/mol. The van der Waals surface area contributed by atoms with Crippen molar-refractivity contribution in [2.24, 2.45) is 5.73 Å². The summed E-state index contributed by atoms with van der Waals surface area (Å²) >= 11 is 0. The van der Waals surface area contributed by atoms with Crippen molar-refractivity contribution in [1.82, 2.24) is 9.78 Å². The molecule has 0 aromatic carbocycles. The van der Waals surface area contributed by atoms with Gasteiger partial charge < -0.3 is 10.5 Å². The predicted molar refractivity (Wildman–Crippen MR) is 86.1 cm³/mol. The second-order valence-electron chi connectivity index (χ2n) is 6.35. The normalized spacial score (nSPS) is 18.9. The molecule has 2 N–H and O–H groups in total. The maximum Gasteiger partial charge on any atom is 0.0914 e. The van der Waals surface area contributed by atoms with Gasteiger partial charge in [0.25, 0.3) is 0 Å². The van der Waals surface area contributed by atoms with Gasteiger partial charge in [-0.25, -0.2) is 0 Å². The third-order valence-corrected chi connectivity index (χ3v) is 4.89. The van der Waals surface area contributed by atoms with Crippen LogP contribution >= 0.6 is 0 Å². The summed E-state index contributed by atoms with van der Waals surface area (Å²) < 4.78 is 8.33. The molecule has 0 amide bonds. The van der Waals surface area contributed by atoms with Gasteiger partial charge in [-0.15, -0.1) is 0 Å². The molecule has 0 saturated heterocycles. The van der Waals surface area contributed by atoms with Crippen LogP contribution in [-0.2, 0) is 11.3 Å². The minimum Gasteiger partial charge on any atom is -0.367 e. The minimum absolute atomic E-state index is 0.116. The Hall–Kier alpha value is -0.870. The molecule has 0 unspecified atom stereocenters. The van der Waals surface area contributed by atoms with Crippen LogP contribution in [-0.4, -0.2) is 21.9 Å². The summed E-state index contributed by atoms with van der Waals surface area (Å²) in [5.74, 6) is 0. The monoisotopic (exact) mass is 293 g/mol. The van der Waals surface area contributed by atoms with E-state index >= 15 is 0 Å². The van der Waals surface area contributed by atoms with Crippen LogP contribution in [0.3, 0.4) is 0 Å². The summed E-state index contributed by atoms with van der Waals surface area (Å²) in [6.07, 6.45) is 11.6. The summed E-state index contributed by atoms with van der Waals surface area (Å²) in [4.78, 5) is 0. The quantitative estimate of drug-likeness (QED) is 0.778. The highest BCUT2D eigenvalue weighted by Crippen LogP contribution is 2.30. The standard InChI is InChI=1S/C17H31N3O/c1-3-16(4-2)20-12-9-15(19-20)13-21-17(14-18)10-7-5-6-8-11-17/h9,12,16H,3-8,10-11,13-14,18H2,1-2H3. The lowest BCUT2D eigenvalue weighted by Gasteiger charge is -2.31. The summed E-state index contributed by atoms with van der Waals surface area (Å²) in [6, 6.07) is 2.58. The third kappa shape index (κ3) is 4.30. The average molecular weight is 293 g/mol. The van der Waals surface area contributed by atoms with Crippen LogP contribution in [0.1, 0.15) is 76.9 Å². The van der Waals surface area contributed by atoms with Gasteiger partial charge >= 0.3 is 0 Å². The number of hydrogen-bond acceptors (Lipinski definition) is 3. The first-order valence-corrected chi connectivity index (χ1v) is 8.61. The van der Waals surface area contributed by atoms with Crippen molar-refractivity contribution in [2.75, 3.05) is 6.54 Å². The lowest BCUT2D eigenvalue weighted by Crippen LogP contribution is -2.40. The van der Waals surface area contributed by atoms with Crippen LogP contribution in [0.4, 0.5) is 0 Å². The summed E-state index contributed by atoms with van der Waals surface area (Å²) in [5.41, 5.74) is 6.93. The van der Waals surface area contributed by atoms with E-state index in [0.717, 1.165) is 31.4 Å². The largest absolute Gasteiger partial charge is 0.367 e. The van der Waals surface area contributed by atoms with Crippen molar-refractivity contribution in [1.29, 1.82) is 0 Å². The number of hydrogen-bond donors (Lipinski definition) is 1. The minimum atomic E-state index is -0.116. The van der Waals surface area contributed by atoms with Crippen molar-refractivity contribution in [3.05, 3.63) is 18.0 Å². The van der Waals surface area contributed by atoms with E-state index in [-0.39, 0.29) is 5.60 Å². The molecule has 0 bridgehead atoms. The highest BCUT2D eigenvalue weighted by molar-refractivity contribution is 4.99. The molecule has 1 heterocycles. The van der Waals surface area contributed by atoms with E-state index in [1.54, 1.807) is 0 Å². The SMILES string of the molecule is CCC(CC)n1ccc(COC2(CN)CCCCCC2)n1. The first-order chi connectivity index (χ1) is 10.2. The third-order valence-electron chi connectivity index (χ3n) is 4.89. The lowest BCUT2D eigenvalue weighted by molar-refractivity contribution is -0.0615. The van der Waals surface area contributed by atoms with E-state index in [0.29, 0.717) is 19.2 Å². The molecule has 21 heavy (non-hydrogen) atoms. The zero-order valence-electron chi connectivity index (χ0n) is 13.7.